The van der Waals surface area contributed by atoms with E-state index < -0.39 is 11.7 Å². The average Bonchev–Trinajstić information content (AvgIpc) is 2.84. The Balaban J connectivity index is 1.30. The highest BCUT2D eigenvalue weighted by Crippen LogP contribution is 2.33. The Hall–Kier alpha value is -2.49. The maximum atomic E-state index is 13.2. The molecular formula is C25H34F3N5O. The predicted octanol–water partition coefficient (Wildman–Crippen LogP) is 3.65. The normalized spacial score (nSPS) is 18.8. The minimum Gasteiger partial charge on any atom is -0.495 e. The zero-order valence-electron chi connectivity index (χ0n) is 19.9. The second-order valence-corrected chi connectivity index (χ2v) is 9.02. The Morgan fingerprint density at radius 2 is 1.62 bits per heavy atom. The summed E-state index contributed by atoms with van der Waals surface area (Å²) in [7, 11) is 3.84. The van der Waals surface area contributed by atoms with Gasteiger partial charge in [0.15, 0.2) is 0 Å². The van der Waals surface area contributed by atoms with Crippen LogP contribution in [0.2, 0.25) is 0 Å². The second kappa shape index (κ2) is 10.8. The Kier molecular flexibility index (Phi) is 7.85. The number of likely N-dealkylation sites (N-methyl/N-ethyl adjacent to an activating group) is 1. The molecule has 9 heteroatoms. The largest absolute Gasteiger partial charge is 0.495 e. The van der Waals surface area contributed by atoms with E-state index in [1.807, 2.05) is 12.1 Å². The summed E-state index contributed by atoms with van der Waals surface area (Å²) in [5, 5.41) is 2.18. The second-order valence-electron chi connectivity index (χ2n) is 9.02. The van der Waals surface area contributed by atoms with E-state index in [1.54, 1.807) is 19.2 Å². The molecule has 6 nitrogen and oxygen atoms in total. The lowest BCUT2D eigenvalue weighted by molar-refractivity contribution is -0.138. The van der Waals surface area contributed by atoms with Gasteiger partial charge in [-0.15, -0.1) is 0 Å². The van der Waals surface area contributed by atoms with Crippen LogP contribution in [0.5, 0.6) is 5.75 Å². The van der Waals surface area contributed by atoms with Gasteiger partial charge < -0.3 is 24.9 Å². The first-order chi connectivity index (χ1) is 16.3. The molecule has 0 saturated carbocycles. The highest BCUT2D eigenvalue weighted by molar-refractivity contribution is 5.66. The lowest BCUT2D eigenvalue weighted by Gasteiger charge is -2.36. The van der Waals surface area contributed by atoms with Gasteiger partial charge in [0, 0.05) is 58.9 Å². The van der Waals surface area contributed by atoms with E-state index in [2.05, 4.69) is 38.2 Å². The number of nitrogens with one attached hydrogen (secondary N) is 1. The monoisotopic (exact) mass is 477 g/mol. The van der Waals surface area contributed by atoms with Crippen LogP contribution in [0.4, 0.5) is 24.5 Å². The first kappa shape index (κ1) is 24.6. The minimum atomic E-state index is -4.31. The smallest absolute Gasteiger partial charge is 0.416 e. The van der Waals surface area contributed by atoms with Gasteiger partial charge in [0.05, 0.1) is 24.0 Å². The molecule has 0 aromatic heterocycles. The topological polar surface area (TPSA) is 34.2 Å². The molecule has 34 heavy (non-hydrogen) atoms. The van der Waals surface area contributed by atoms with Gasteiger partial charge >= 0.3 is 6.18 Å². The highest BCUT2D eigenvalue weighted by atomic mass is 19.4. The number of piperazine rings is 2. The van der Waals surface area contributed by atoms with Gasteiger partial charge in [-0.05, 0) is 43.3 Å². The molecule has 2 aliphatic heterocycles. The summed E-state index contributed by atoms with van der Waals surface area (Å²) < 4.78 is 45.3. The number of rotatable bonds is 7. The van der Waals surface area contributed by atoms with Crippen LogP contribution in [0.25, 0.3) is 0 Å². The van der Waals surface area contributed by atoms with Crippen molar-refractivity contribution in [1.82, 2.24) is 14.8 Å². The lowest BCUT2D eigenvalue weighted by atomic mass is 10.0. The molecule has 4 rings (SSSR count). The number of nitrogens with zero attached hydrogens (tertiary/aromatic N) is 4. The number of hydrogen-bond donors (Lipinski definition) is 1. The molecule has 2 heterocycles. The predicted molar refractivity (Wildman–Crippen MR) is 129 cm³/mol. The molecule has 1 N–H and O–H groups in total. The summed E-state index contributed by atoms with van der Waals surface area (Å²) in [4.78, 5) is 6.92. The van der Waals surface area contributed by atoms with Crippen molar-refractivity contribution >= 4 is 11.4 Å². The van der Waals surface area contributed by atoms with E-state index >= 15 is 0 Å². The molecule has 0 unspecified atom stereocenters. The Bertz CT molecular complexity index is 938. The molecule has 0 atom stereocenters. The van der Waals surface area contributed by atoms with Gasteiger partial charge in [-0.1, -0.05) is 18.2 Å². The molecule has 0 bridgehead atoms. The number of anilines is 2. The molecule has 0 aliphatic carbocycles. The molecular weight excluding hydrogens is 443 g/mol. The third kappa shape index (κ3) is 6.14. The van der Waals surface area contributed by atoms with Gasteiger partial charge in [0.2, 0.25) is 0 Å². The van der Waals surface area contributed by atoms with Crippen LogP contribution in [0, 0.1) is 0 Å². The maximum Gasteiger partial charge on any atom is 0.416 e. The lowest BCUT2D eigenvalue weighted by Crippen LogP contribution is -2.49. The number of benzene rings is 2. The fourth-order valence-electron chi connectivity index (χ4n) is 4.61. The summed E-state index contributed by atoms with van der Waals surface area (Å²) in [6.45, 7) is 7.82. The number of methoxy groups -OCH3 is 1. The Morgan fingerprint density at radius 3 is 2.29 bits per heavy atom. The SMILES string of the molecule is COc1ccc(NN2CCN(CCc3ccccc3C(F)(F)F)CC2)cc1N1CCN(C)CC1. The van der Waals surface area contributed by atoms with Crippen molar-refractivity contribution in [3.05, 3.63) is 53.6 Å². The van der Waals surface area contributed by atoms with Crippen molar-refractivity contribution in [2.75, 3.05) is 83.4 Å². The average molecular weight is 478 g/mol. The van der Waals surface area contributed by atoms with E-state index in [1.165, 1.54) is 12.1 Å². The van der Waals surface area contributed by atoms with Gasteiger partial charge in [-0.25, -0.2) is 5.01 Å². The van der Waals surface area contributed by atoms with Crippen molar-refractivity contribution in [2.24, 2.45) is 0 Å². The maximum absolute atomic E-state index is 13.2. The number of hydrogen-bond acceptors (Lipinski definition) is 6. The van der Waals surface area contributed by atoms with E-state index in [9.17, 15) is 13.2 Å². The molecule has 0 radical (unpaired) electrons. The van der Waals surface area contributed by atoms with E-state index in [0.717, 1.165) is 69.5 Å². The summed E-state index contributed by atoms with van der Waals surface area (Å²) in [5.41, 5.74) is 5.47. The number of halogens is 3. The van der Waals surface area contributed by atoms with Gasteiger partial charge in [0.1, 0.15) is 5.75 Å². The van der Waals surface area contributed by atoms with Gasteiger partial charge in [-0.3, -0.25) is 0 Å². The van der Waals surface area contributed by atoms with Crippen molar-refractivity contribution in [3.63, 3.8) is 0 Å². The third-order valence-electron chi connectivity index (χ3n) is 6.70. The van der Waals surface area contributed by atoms with Crippen LogP contribution < -0.4 is 15.1 Å². The standard InChI is InChI=1S/C25H34F3N5O/c1-30-11-15-32(16-12-30)23-19-21(7-8-24(23)34-2)29-33-17-13-31(14-18-33)10-9-20-5-3-4-6-22(20)25(26,27)28/h3-8,19,29H,9-18H2,1-2H3. The first-order valence-electron chi connectivity index (χ1n) is 11.8. The van der Waals surface area contributed by atoms with Crippen LogP contribution in [-0.4, -0.2) is 87.9 Å². The zero-order chi connectivity index (χ0) is 24.1. The number of hydrazine groups is 1. The Morgan fingerprint density at radius 1 is 0.912 bits per heavy atom. The van der Waals surface area contributed by atoms with Crippen LogP contribution in [-0.2, 0) is 12.6 Å². The summed E-state index contributed by atoms with van der Waals surface area (Å²) >= 11 is 0. The van der Waals surface area contributed by atoms with E-state index in [-0.39, 0.29) is 0 Å². The molecule has 2 aliphatic rings. The van der Waals surface area contributed by atoms with Crippen LogP contribution in [0.1, 0.15) is 11.1 Å². The highest BCUT2D eigenvalue weighted by Gasteiger charge is 2.32. The molecule has 2 aromatic carbocycles. The first-order valence-corrected chi connectivity index (χ1v) is 11.8. The molecule has 186 valence electrons. The van der Waals surface area contributed by atoms with Crippen molar-refractivity contribution in [2.45, 2.75) is 12.6 Å². The van der Waals surface area contributed by atoms with Gasteiger partial charge in [-0.2, -0.15) is 13.2 Å². The van der Waals surface area contributed by atoms with Gasteiger partial charge in [0.25, 0.3) is 0 Å². The summed E-state index contributed by atoms with van der Waals surface area (Å²) in [6.07, 6.45) is -3.91. The Labute approximate surface area is 199 Å². The number of alkyl halides is 3. The van der Waals surface area contributed by atoms with Crippen LogP contribution >= 0.6 is 0 Å². The van der Waals surface area contributed by atoms with E-state index in [0.29, 0.717) is 18.5 Å². The molecule has 0 spiro atoms. The zero-order valence-corrected chi connectivity index (χ0v) is 19.9. The van der Waals surface area contributed by atoms with Crippen molar-refractivity contribution in [3.8, 4) is 5.75 Å². The minimum absolute atomic E-state index is 0.366. The summed E-state index contributed by atoms with van der Waals surface area (Å²) in [6, 6.07) is 12.1. The molecule has 0 amide bonds. The van der Waals surface area contributed by atoms with E-state index in [4.69, 9.17) is 4.74 Å². The number of ether oxygens (including phenoxy) is 1. The van der Waals surface area contributed by atoms with Crippen LogP contribution in [0.3, 0.4) is 0 Å². The third-order valence-corrected chi connectivity index (χ3v) is 6.70. The van der Waals surface area contributed by atoms with Crippen molar-refractivity contribution in [1.29, 1.82) is 0 Å². The fourth-order valence-corrected chi connectivity index (χ4v) is 4.61. The molecule has 2 saturated heterocycles. The van der Waals surface area contributed by atoms with Crippen molar-refractivity contribution < 1.29 is 17.9 Å². The molecule has 2 fully saturated rings. The molecule has 2 aromatic rings. The quantitative estimate of drug-likeness (QED) is 0.656. The summed E-state index contributed by atoms with van der Waals surface area (Å²) in [5.74, 6) is 0.874. The van der Waals surface area contributed by atoms with Crippen LogP contribution in [0.15, 0.2) is 42.5 Å². The fraction of sp³-hybridized carbons (Fsp3) is 0.520.